The first-order valence-electron chi connectivity index (χ1n) is 12.7. The third kappa shape index (κ3) is 5.64. The zero-order valence-corrected chi connectivity index (χ0v) is 23.0. The van der Waals surface area contributed by atoms with Gasteiger partial charge in [0, 0.05) is 12.6 Å². The number of hydrogen-bond acceptors (Lipinski definition) is 7. The summed E-state index contributed by atoms with van der Waals surface area (Å²) in [5.74, 6) is 0.317. The molecule has 1 N–H and O–H groups in total. The molecule has 1 amide bonds. The van der Waals surface area contributed by atoms with Crippen LogP contribution in [0.5, 0.6) is 11.5 Å². The number of carbonyl (C=O) groups excluding carboxylic acids is 2. The third-order valence-electron chi connectivity index (χ3n) is 6.22. The second kappa shape index (κ2) is 11.5. The zero-order valence-electron chi connectivity index (χ0n) is 22.2. The summed E-state index contributed by atoms with van der Waals surface area (Å²) in [4.78, 5) is 44.1. The Bertz CT molecular complexity index is 1790. The zero-order chi connectivity index (χ0) is 28.2. The van der Waals surface area contributed by atoms with Gasteiger partial charge in [0.25, 0.3) is 11.5 Å². The van der Waals surface area contributed by atoms with Gasteiger partial charge in [-0.25, -0.2) is 4.99 Å². The Morgan fingerprint density at radius 2 is 1.77 bits per heavy atom. The summed E-state index contributed by atoms with van der Waals surface area (Å²) in [7, 11) is 0. The van der Waals surface area contributed by atoms with Crippen molar-refractivity contribution in [3.63, 3.8) is 0 Å². The first-order valence-corrected chi connectivity index (χ1v) is 13.6. The van der Waals surface area contributed by atoms with Crippen LogP contribution in [0.2, 0.25) is 0 Å². The van der Waals surface area contributed by atoms with Crippen molar-refractivity contribution < 1.29 is 19.1 Å². The van der Waals surface area contributed by atoms with Gasteiger partial charge in [0.2, 0.25) is 0 Å². The quantitative estimate of drug-likeness (QED) is 0.273. The van der Waals surface area contributed by atoms with Crippen LogP contribution in [-0.4, -0.2) is 23.1 Å². The number of rotatable bonds is 7. The SMILES string of the molecule is CCOc1ccc([C@@H]2C(C(=O)Nc3ccccc3)=C(C)N=c3s/c(=C\c4cccc(OC(C)=O)c4)c(=O)n32)cc1. The number of carbonyl (C=O) groups is 2. The van der Waals surface area contributed by atoms with Gasteiger partial charge in [-0.3, -0.25) is 19.0 Å². The number of ether oxygens (including phenoxy) is 2. The normalized spacial score (nSPS) is 14.8. The predicted molar refractivity (Wildman–Crippen MR) is 154 cm³/mol. The molecule has 0 spiro atoms. The van der Waals surface area contributed by atoms with Crippen molar-refractivity contribution in [2.24, 2.45) is 4.99 Å². The lowest BCUT2D eigenvalue weighted by atomic mass is 9.95. The Labute approximate surface area is 234 Å². The van der Waals surface area contributed by atoms with E-state index in [9.17, 15) is 14.4 Å². The summed E-state index contributed by atoms with van der Waals surface area (Å²) >= 11 is 1.24. The molecule has 8 nitrogen and oxygen atoms in total. The fourth-order valence-corrected chi connectivity index (χ4v) is 5.59. The van der Waals surface area contributed by atoms with E-state index >= 15 is 0 Å². The number of para-hydroxylation sites is 1. The van der Waals surface area contributed by atoms with Crippen LogP contribution in [0.4, 0.5) is 5.69 Å². The van der Waals surface area contributed by atoms with Crippen LogP contribution >= 0.6 is 11.3 Å². The molecule has 0 saturated carbocycles. The number of nitrogens with one attached hydrogen (secondary N) is 1. The van der Waals surface area contributed by atoms with E-state index in [1.165, 1.54) is 18.3 Å². The molecule has 0 unspecified atom stereocenters. The Kier molecular flexibility index (Phi) is 7.75. The van der Waals surface area contributed by atoms with Crippen LogP contribution in [0.15, 0.2) is 99.9 Å². The van der Waals surface area contributed by atoms with Crippen LogP contribution in [-0.2, 0) is 9.59 Å². The molecule has 0 fully saturated rings. The summed E-state index contributed by atoms with van der Waals surface area (Å²) in [5.41, 5.74) is 2.71. The Morgan fingerprint density at radius 3 is 2.48 bits per heavy atom. The second-order valence-corrected chi connectivity index (χ2v) is 10.1. The number of esters is 1. The van der Waals surface area contributed by atoms with Crippen molar-refractivity contribution >= 4 is 35.0 Å². The maximum absolute atomic E-state index is 13.9. The lowest BCUT2D eigenvalue weighted by Gasteiger charge is -2.25. The number of thiazole rings is 1. The van der Waals surface area contributed by atoms with Gasteiger partial charge in [-0.1, -0.05) is 53.8 Å². The number of benzene rings is 3. The summed E-state index contributed by atoms with van der Waals surface area (Å²) in [5, 5.41) is 2.95. The maximum Gasteiger partial charge on any atom is 0.308 e. The first kappa shape index (κ1) is 26.8. The van der Waals surface area contributed by atoms with E-state index < -0.39 is 12.0 Å². The highest BCUT2D eigenvalue weighted by atomic mass is 32.1. The summed E-state index contributed by atoms with van der Waals surface area (Å²) in [6.45, 7) is 5.55. The summed E-state index contributed by atoms with van der Waals surface area (Å²) < 4.78 is 12.8. The summed E-state index contributed by atoms with van der Waals surface area (Å²) in [6.07, 6.45) is 1.73. The van der Waals surface area contributed by atoms with Gasteiger partial charge in [0.1, 0.15) is 11.5 Å². The number of fused-ring (bicyclic) bond motifs is 1. The largest absolute Gasteiger partial charge is 0.494 e. The van der Waals surface area contributed by atoms with Crippen molar-refractivity contribution in [2.45, 2.75) is 26.8 Å². The smallest absolute Gasteiger partial charge is 0.308 e. The monoisotopic (exact) mass is 553 g/mol. The highest BCUT2D eigenvalue weighted by Gasteiger charge is 2.32. The fourth-order valence-electron chi connectivity index (χ4n) is 4.55. The number of allylic oxidation sites excluding steroid dienone is 1. The molecule has 202 valence electrons. The van der Waals surface area contributed by atoms with Crippen LogP contribution in [0.25, 0.3) is 6.08 Å². The van der Waals surface area contributed by atoms with E-state index in [1.807, 2.05) is 55.5 Å². The Hall–Kier alpha value is -4.76. The van der Waals surface area contributed by atoms with Crippen molar-refractivity contribution in [3.8, 4) is 11.5 Å². The molecule has 1 aliphatic heterocycles. The average Bonchev–Trinajstić information content (AvgIpc) is 3.23. The van der Waals surface area contributed by atoms with E-state index in [2.05, 4.69) is 10.3 Å². The number of aromatic nitrogens is 1. The molecule has 5 rings (SSSR count). The van der Waals surface area contributed by atoms with E-state index in [0.29, 0.717) is 50.0 Å². The molecule has 0 radical (unpaired) electrons. The molecule has 40 heavy (non-hydrogen) atoms. The molecule has 0 aliphatic carbocycles. The van der Waals surface area contributed by atoms with E-state index in [4.69, 9.17) is 9.47 Å². The molecule has 9 heteroatoms. The lowest BCUT2D eigenvalue weighted by molar-refractivity contribution is -0.131. The number of hydrogen-bond donors (Lipinski definition) is 1. The second-order valence-electron chi connectivity index (χ2n) is 9.07. The number of amides is 1. The van der Waals surface area contributed by atoms with Crippen LogP contribution < -0.4 is 29.7 Å². The van der Waals surface area contributed by atoms with Gasteiger partial charge in [-0.2, -0.15) is 0 Å². The topological polar surface area (TPSA) is 99.0 Å². The fraction of sp³-hybridized carbons (Fsp3) is 0.161. The van der Waals surface area contributed by atoms with Crippen LogP contribution in [0.3, 0.4) is 0 Å². The first-order chi connectivity index (χ1) is 19.3. The molecule has 0 saturated heterocycles. The molecule has 3 aromatic carbocycles. The molecular formula is C31H27N3O5S. The molecule has 0 bridgehead atoms. The van der Waals surface area contributed by atoms with Crippen LogP contribution in [0, 0.1) is 0 Å². The lowest BCUT2D eigenvalue weighted by Crippen LogP contribution is -2.40. The van der Waals surface area contributed by atoms with Gasteiger partial charge in [0.05, 0.1) is 28.5 Å². The van der Waals surface area contributed by atoms with Crippen molar-refractivity contribution in [3.05, 3.63) is 121 Å². The molecule has 1 aliphatic rings. The Morgan fingerprint density at radius 1 is 1.02 bits per heavy atom. The van der Waals surface area contributed by atoms with Crippen LogP contribution in [0.1, 0.15) is 37.9 Å². The standard InChI is InChI=1S/C31H27N3O5S/c1-4-38-24-15-13-22(14-16-24)28-27(29(36)33-23-10-6-5-7-11-23)19(2)32-31-34(28)30(37)26(40-31)18-21-9-8-12-25(17-21)39-20(3)35/h5-18,28H,4H2,1-3H3,(H,33,36)/b26-18-/t28-/m1/s1. The van der Waals surface area contributed by atoms with Gasteiger partial charge in [-0.15, -0.1) is 0 Å². The van der Waals surface area contributed by atoms with Gasteiger partial charge >= 0.3 is 5.97 Å². The predicted octanol–water partition coefficient (Wildman–Crippen LogP) is 4.20. The minimum Gasteiger partial charge on any atom is -0.494 e. The average molecular weight is 554 g/mol. The highest BCUT2D eigenvalue weighted by molar-refractivity contribution is 7.07. The molecule has 2 heterocycles. The Balaban J connectivity index is 1.63. The molecule has 1 aromatic heterocycles. The summed E-state index contributed by atoms with van der Waals surface area (Å²) in [6, 6.07) is 22.8. The molecule has 1 atom stereocenters. The van der Waals surface area contributed by atoms with Crippen molar-refractivity contribution in [1.82, 2.24) is 4.57 Å². The number of anilines is 1. The van der Waals surface area contributed by atoms with E-state index in [1.54, 1.807) is 47.9 Å². The van der Waals surface area contributed by atoms with Gasteiger partial charge in [0.15, 0.2) is 4.80 Å². The van der Waals surface area contributed by atoms with E-state index in [0.717, 1.165) is 5.56 Å². The third-order valence-corrected chi connectivity index (χ3v) is 7.21. The van der Waals surface area contributed by atoms with E-state index in [-0.39, 0.29) is 11.5 Å². The van der Waals surface area contributed by atoms with Gasteiger partial charge in [-0.05, 0) is 67.4 Å². The van der Waals surface area contributed by atoms with Crippen molar-refractivity contribution in [2.75, 3.05) is 11.9 Å². The van der Waals surface area contributed by atoms with Gasteiger partial charge < -0.3 is 14.8 Å². The molecular weight excluding hydrogens is 526 g/mol. The maximum atomic E-state index is 13.9. The number of nitrogens with zero attached hydrogens (tertiary/aromatic N) is 2. The highest BCUT2D eigenvalue weighted by Crippen LogP contribution is 2.31. The van der Waals surface area contributed by atoms with Crippen molar-refractivity contribution in [1.29, 1.82) is 0 Å². The molecule has 4 aromatic rings. The minimum absolute atomic E-state index is 0.280. The minimum atomic E-state index is -0.704.